The van der Waals surface area contributed by atoms with Crippen LogP contribution in [0.4, 0.5) is 0 Å². The lowest BCUT2D eigenvalue weighted by atomic mass is 10.1. The van der Waals surface area contributed by atoms with Crippen LogP contribution in [0.1, 0.15) is 40.5 Å². The summed E-state index contributed by atoms with van der Waals surface area (Å²) in [6.45, 7) is 14.6. The standard InChI is InChI=1S/C17H35N5O2/c1-5-18-16(20-14-15(23)21-17(2,3)4)19-8-6-7-9-22-10-12-24-13-11-22/h5-14H2,1-4H3,(H,21,23)(H2,18,19,20). The monoisotopic (exact) mass is 341 g/mol. The summed E-state index contributed by atoms with van der Waals surface area (Å²) in [5.41, 5.74) is -0.224. The van der Waals surface area contributed by atoms with Gasteiger partial charge in [0.2, 0.25) is 5.91 Å². The van der Waals surface area contributed by atoms with Crippen LogP contribution in [0, 0.1) is 0 Å². The minimum absolute atomic E-state index is 0.0629. The summed E-state index contributed by atoms with van der Waals surface area (Å²) in [6, 6.07) is 0. The Morgan fingerprint density at radius 1 is 1.17 bits per heavy atom. The van der Waals surface area contributed by atoms with Crippen molar-refractivity contribution in [2.45, 2.75) is 46.1 Å². The number of guanidine groups is 1. The van der Waals surface area contributed by atoms with E-state index in [1.165, 1.54) is 0 Å². The van der Waals surface area contributed by atoms with Crippen molar-refractivity contribution in [3.63, 3.8) is 0 Å². The predicted octanol–water partition coefficient (Wildman–Crippen LogP) is 0.569. The van der Waals surface area contributed by atoms with E-state index >= 15 is 0 Å². The average Bonchev–Trinajstić information content (AvgIpc) is 2.51. The van der Waals surface area contributed by atoms with Crippen LogP contribution in [-0.4, -0.2) is 74.8 Å². The summed E-state index contributed by atoms with van der Waals surface area (Å²) in [5.74, 6) is 0.639. The first kappa shape index (κ1) is 20.7. The van der Waals surface area contributed by atoms with Crippen molar-refractivity contribution in [2.75, 3.05) is 52.5 Å². The van der Waals surface area contributed by atoms with Gasteiger partial charge in [0, 0.05) is 31.7 Å². The van der Waals surface area contributed by atoms with E-state index in [2.05, 4.69) is 25.8 Å². The van der Waals surface area contributed by atoms with Gasteiger partial charge >= 0.3 is 0 Å². The van der Waals surface area contributed by atoms with E-state index < -0.39 is 0 Å². The van der Waals surface area contributed by atoms with Gasteiger partial charge in [0.25, 0.3) is 0 Å². The van der Waals surface area contributed by atoms with Crippen LogP contribution >= 0.6 is 0 Å². The lowest BCUT2D eigenvalue weighted by Crippen LogP contribution is -2.43. The topological polar surface area (TPSA) is 78.0 Å². The molecule has 1 amide bonds. The summed E-state index contributed by atoms with van der Waals surface area (Å²) in [4.78, 5) is 18.6. The van der Waals surface area contributed by atoms with Gasteiger partial charge < -0.3 is 20.7 Å². The third-order valence-corrected chi connectivity index (χ3v) is 3.54. The van der Waals surface area contributed by atoms with E-state index in [-0.39, 0.29) is 18.0 Å². The van der Waals surface area contributed by atoms with Crippen molar-refractivity contribution in [3.05, 3.63) is 0 Å². The maximum Gasteiger partial charge on any atom is 0.242 e. The summed E-state index contributed by atoms with van der Waals surface area (Å²) in [7, 11) is 0. The number of carbonyl (C=O) groups is 1. The normalized spacial score (nSPS) is 16.8. The molecule has 7 heteroatoms. The molecule has 0 aromatic carbocycles. The molecule has 140 valence electrons. The highest BCUT2D eigenvalue weighted by Gasteiger charge is 2.13. The molecule has 0 saturated carbocycles. The SMILES string of the molecule is CCNC(=NCC(=O)NC(C)(C)C)NCCCCN1CCOCC1. The maximum absolute atomic E-state index is 11.8. The largest absolute Gasteiger partial charge is 0.379 e. The number of unbranched alkanes of at least 4 members (excludes halogenated alkanes) is 1. The van der Waals surface area contributed by atoms with Crippen molar-refractivity contribution in [3.8, 4) is 0 Å². The Hall–Kier alpha value is -1.34. The number of aliphatic imine (C=N–C) groups is 1. The highest BCUT2D eigenvalue weighted by atomic mass is 16.5. The second kappa shape index (κ2) is 11.3. The number of nitrogens with zero attached hydrogens (tertiary/aromatic N) is 2. The quantitative estimate of drug-likeness (QED) is 0.342. The third kappa shape index (κ3) is 10.4. The molecule has 24 heavy (non-hydrogen) atoms. The van der Waals surface area contributed by atoms with Crippen molar-refractivity contribution >= 4 is 11.9 Å². The summed E-state index contributed by atoms with van der Waals surface area (Å²) < 4.78 is 5.35. The Morgan fingerprint density at radius 3 is 2.50 bits per heavy atom. The Morgan fingerprint density at radius 2 is 1.88 bits per heavy atom. The van der Waals surface area contributed by atoms with E-state index in [0.29, 0.717) is 5.96 Å². The number of hydrogen-bond acceptors (Lipinski definition) is 4. The molecule has 0 spiro atoms. The van der Waals surface area contributed by atoms with Crippen LogP contribution in [0.3, 0.4) is 0 Å². The van der Waals surface area contributed by atoms with Gasteiger partial charge in [-0.1, -0.05) is 0 Å². The van der Waals surface area contributed by atoms with Crippen molar-refractivity contribution < 1.29 is 9.53 Å². The molecule has 1 aliphatic rings. The van der Waals surface area contributed by atoms with E-state index in [9.17, 15) is 4.79 Å². The van der Waals surface area contributed by atoms with Gasteiger partial charge in [0.05, 0.1) is 13.2 Å². The third-order valence-electron chi connectivity index (χ3n) is 3.54. The van der Waals surface area contributed by atoms with Crippen molar-refractivity contribution in [2.24, 2.45) is 4.99 Å². The first-order valence-electron chi connectivity index (χ1n) is 9.04. The fourth-order valence-corrected chi connectivity index (χ4v) is 2.44. The molecule has 0 unspecified atom stereocenters. The second-order valence-corrected chi connectivity index (χ2v) is 7.08. The number of amides is 1. The summed E-state index contributed by atoms with van der Waals surface area (Å²) in [5, 5.41) is 9.38. The number of rotatable bonds is 8. The Balaban J connectivity index is 2.21. The van der Waals surface area contributed by atoms with Gasteiger partial charge in [0.1, 0.15) is 6.54 Å². The fourth-order valence-electron chi connectivity index (χ4n) is 2.44. The van der Waals surface area contributed by atoms with E-state index in [0.717, 1.165) is 58.8 Å². The van der Waals surface area contributed by atoms with Crippen LogP contribution in [-0.2, 0) is 9.53 Å². The summed E-state index contributed by atoms with van der Waals surface area (Å²) in [6.07, 6.45) is 2.23. The minimum atomic E-state index is -0.224. The Labute approximate surface area is 146 Å². The van der Waals surface area contributed by atoms with Crippen LogP contribution in [0.2, 0.25) is 0 Å². The number of morpholine rings is 1. The van der Waals surface area contributed by atoms with Crippen LogP contribution in [0.25, 0.3) is 0 Å². The maximum atomic E-state index is 11.8. The molecule has 3 N–H and O–H groups in total. The Kier molecular flexibility index (Phi) is 9.71. The van der Waals surface area contributed by atoms with E-state index in [4.69, 9.17) is 4.74 Å². The van der Waals surface area contributed by atoms with Gasteiger partial charge in [-0.25, -0.2) is 4.99 Å². The Bertz CT molecular complexity index is 387. The van der Waals surface area contributed by atoms with Gasteiger partial charge in [-0.3, -0.25) is 9.69 Å². The highest BCUT2D eigenvalue weighted by Crippen LogP contribution is 2.00. The molecular formula is C17H35N5O2. The van der Waals surface area contributed by atoms with Crippen LogP contribution < -0.4 is 16.0 Å². The predicted molar refractivity (Wildman–Crippen MR) is 98.4 cm³/mol. The van der Waals surface area contributed by atoms with E-state index in [1.54, 1.807) is 0 Å². The lowest BCUT2D eigenvalue weighted by molar-refractivity contribution is -0.121. The van der Waals surface area contributed by atoms with Gasteiger partial charge in [-0.2, -0.15) is 0 Å². The smallest absolute Gasteiger partial charge is 0.242 e. The minimum Gasteiger partial charge on any atom is -0.379 e. The molecule has 7 nitrogen and oxygen atoms in total. The number of ether oxygens (including phenoxy) is 1. The second-order valence-electron chi connectivity index (χ2n) is 7.08. The molecule has 0 bridgehead atoms. The number of nitrogens with one attached hydrogen (secondary N) is 3. The molecule has 1 fully saturated rings. The van der Waals surface area contributed by atoms with E-state index in [1.807, 2.05) is 27.7 Å². The first-order chi connectivity index (χ1) is 11.4. The highest BCUT2D eigenvalue weighted by molar-refractivity contribution is 5.85. The number of carbonyl (C=O) groups excluding carboxylic acids is 1. The molecule has 0 aromatic heterocycles. The first-order valence-corrected chi connectivity index (χ1v) is 9.04. The van der Waals surface area contributed by atoms with Crippen molar-refractivity contribution in [1.82, 2.24) is 20.9 Å². The molecule has 0 aromatic rings. The molecular weight excluding hydrogens is 306 g/mol. The molecule has 1 saturated heterocycles. The molecule has 1 rings (SSSR count). The molecule has 1 aliphatic heterocycles. The fraction of sp³-hybridized carbons (Fsp3) is 0.882. The van der Waals surface area contributed by atoms with Gasteiger partial charge in [-0.05, 0) is 47.1 Å². The van der Waals surface area contributed by atoms with Crippen LogP contribution in [0.5, 0.6) is 0 Å². The molecule has 0 aliphatic carbocycles. The average molecular weight is 342 g/mol. The van der Waals surface area contributed by atoms with Gasteiger partial charge in [0.15, 0.2) is 5.96 Å². The molecule has 1 heterocycles. The number of hydrogen-bond donors (Lipinski definition) is 3. The zero-order chi connectivity index (χ0) is 17.8. The zero-order valence-electron chi connectivity index (χ0n) is 15.8. The van der Waals surface area contributed by atoms with Crippen LogP contribution in [0.15, 0.2) is 4.99 Å². The van der Waals surface area contributed by atoms with Gasteiger partial charge in [-0.15, -0.1) is 0 Å². The molecule has 0 atom stereocenters. The molecule has 0 radical (unpaired) electrons. The zero-order valence-corrected chi connectivity index (χ0v) is 15.8. The summed E-state index contributed by atoms with van der Waals surface area (Å²) >= 11 is 0. The lowest BCUT2D eigenvalue weighted by Gasteiger charge is -2.26. The van der Waals surface area contributed by atoms with Crippen molar-refractivity contribution in [1.29, 1.82) is 0 Å².